The van der Waals surface area contributed by atoms with E-state index in [1.807, 2.05) is 35.7 Å². The van der Waals surface area contributed by atoms with Crippen molar-refractivity contribution < 1.29 is 0 Å². The lowest BCUT2D eigenvalue weighted by Crippen LogP contribution is -2.10. The third-order valence-corrected chi connectivity index (χ3v) is 3.43. The van der Waals surface area contributed by atoms with Crippen molar-refractivity contribution in [2.45, 2.75) is 6.92 Å². The van der Waals surface area contributed by atoms with Gasteiger partial charge < -0.3 is 5.32 Å². The lowest BCUT2D eigenvalue weighted by Gasteiger charge is -2.01. The summed E-state index contributed by atoms with van der Waals surface area (Å²) in [5, 5.41) is 5.67. The minimum atomic E-state index is -0.181. The van der Waals surface area contributed by atoms with Gasteiger partial charge in [-0.15, -0.1) is 11.3 Å². The van der Waals surface area contributed by atoms with Gasteiger partial charge in [0.25, 0.3) is 5.56 Å². The van der Waals surface area contributed by atoms with E-state index in [0.717, 1.165) is 11.3 Å². The number of thiazole rings is 1. The third kappa shape index (κ3) is 2.75. The lowest BCUT2D eigenvalue weighted by molar-refractivity contribution is 1.07. The van der Waals surface area contributed by atoms with Gasteiger partial charge in [-0.1, -0.05) is 30.3 Å². The number of nitrogens with one attached hydrogen (secondary N) is 2. The number of H-pyrrole nitrogens is 1. The van der Waals surface area contributed by atoms with Gasteiger partial charge in [0.2, 0.25) is 5.95 Å². The van der Waals surface area contributed by atoms with Crippen LogP contribution in [0.5, 0.6) is 0 Å². The second-order valence-corrected chi connectivity index (χ2v) is 5.12. The van der Waals surface area contributed by atoms with Crippen molar-refractivity contribution in [2.24, 2.45) is 0 Å². The largest absolute Gasteiger partial charge is 0.302 e. The first-order valence-corrected chi connectivity index (χ1v) is 6.94. The van der Waals surface area contributed by atoms with Gasteiger partial charge in [-0.05, 0) is 6.92 Å². The molecule has 0 saturated carbocycles. The smallest absolute Gasteiger partial charge is 0.252 e. The fourth-order valence-electron chi connectivity index (χ4n) is 1.81. The summed E-state index contributed by atoms with van der Waals surface area (Å²) >= 11 is 1.47. The standard InChI is InChI=1S/C14H12N4OS/c1-9-7-12(19)17-13(15-9)18-14-16-11(8-20-14)10-5-3-2-4-6-10/h2-8H,1H3,(H2,15,16,17,18,19). The molecule has 3 aromatic rings. The average molecular weight is 284 g/mol. The molecule has 20 heavy (non-hydrogen) atoms. The molecule has 0 spiro atoms. The van der Waals surface area contributed by atoms with E-state index in [0.29, 0.717) is 16.8 Å². The molecule has 0 aliphatic carbocycles. The summed E-state index contributed by atoms with van der Waals surface area (Å²) in [5.74, 6) is 0.406. The second-order valence-electron chi connectivity index (χ2n) is 4.26. The Kier molecular flexibility index (Phi) is 3.30. The molecule has 0 fully saturated rings. The van der Waals surface area contributed by atoms with Crippen molar-refractivity contribution in [2.75, 3.05) is 5.32 Å². The van der Waals surface area contributed by atoms with Crippen molar-refractivity contribution in [3.8, 4) is 11.3 Å². The summed E-state index contributed by atoms with van der Waals surface area (Å²) in [6.07, 6.45) is 0. The highest BCUT2D eigenvalue weighted by atomic mass is 32.1. The van der Waals surface area contributed by atoms with Crippen LogP contribution in [-0.4, -0.2) is 15.0 Å². The first-order chi connectivity index (χ1) is 9.70. The first kappa shape index (κ1) is 12.6. The Balaban J connectivity index is 1.86. The Labute approximate surface area is 119 Å². The summed E-state index contributed by atoms with van der Waals surface area (Å²) < 4.78 is 0. The maximum atomic E-state index is 11.4. The van der Waals surface area contributed by atoms with E-state index >= 15 is 0 Å². The molecule has 1 aromatic carbocycles. The predicted molar refractivity (Wildman–Crippen MR) is 80.4 cm³/mol. The molecule has 5 nitrogen and oxygen atoms in total. The Hall–Kier alpha value is -2.47. The fourth-order valence-corrected chi connectivity index (χ4v) is 2.53. The molecule has 0 unspecified atom stereocenters. The van der Waals surface area contributed by atoms with Crippen LogP contribution < -0.4 is 10.9 Å². The zero-order valence-electron chi connectivity index (χ0n) is 10.8. The van der Waals surface area contributed by atoms with E-state index in [-0.39, 0.29) is 5.56 Å². The summed E-state index contributed by atoms with van der Waals surface area (Å²) in [7, 11) is 0. The molecule has 0 amide bonds. The second kappa shape index (κ2) is 5.26. The topological polar surface area (TPSA) is 70.7 Å². The Bertz CT molecular complexity index is 779. The normalized spacial score (nSPS) is 10.4. The van der Waals surface area contributed by atoms with E-state index in [9.17, 15) is 4.79 Å². The summed E-state index contributed by atoms with van der Waals surface area (Å²) in [5.41, 5.74) is 2.44. The highest BCUT2D eigenvalue weighted by molar-refractivity contribution is 7.14. The van der Waals surface area contributed by atoms with E-state index < -0.39 is 0 Å². The number of nitrogens with zero attached hydrogens (tertiary/aromatic N) is 2. The monoisotopic (exact) mass is 284 g/mol. The zero-order valence-corrected chi connectivity index (χ0v) is 11.6. The number of hydrogen-bond acceptors (Lipinski definition) is 5. The molecular weight excluding hydrogens is 272 g/mol. The third-order valence-electron chi connectivity index (χ3n) is 2.67. The lowest BCUT2D eigenvalue weighted by atomic mass is 10.2. The van der Waals surface area contributed by atoms with Crippen LogP contribution in [0, 0.1) is 6.92 Å². The van der Waals surface area contributed by atoms with E-state index in [4.69, 9.17) is 0 Å². The van der Waals surface area contributed by atoms with Gasteiger partial charge >= 0.3 is 0 Å². The van der Waals surface area contributed by atoms with Gasteiger partial charge in [-0.2, -0.15) is 0 Å². The molecule has 0 atom stereocenters. The van der Waals surface area contributed by atoms with Gasteiger partial charge in [0, 0.05) is 22.7 Å². The van der Waals surface area contributed by atoms with Gasteiger partial charge in [0.15, 0.2) is 5.13 Å². The summed E-state index contributed by atoms with van der Waals surface area (Å²) in [6.45, 7) is 1.78. The fraction of sp³-hybridized carbons (Fsp3) is 0.0714. The van der Waals surface area contributed by atoms with Crippen LogP contribution in [0.4, 0.5) is 11.1 Å². The number of anilines is 2. The highest BCUT2D eigenvalue weighted by Crippen LogP contribution is 2.25. The van der Waals surface area contributed by atoms with Crippen LogP contribution in [-0.2, 0) is 0 Å². The Morgan fingerprint density at radius 3 is 2.75 bits per heavy atom. The zero-order chi connectivity index (χ0) is 13.9. The average Bonchev–Trinajstić information content (AvgIpc) is 2.87. The summed E-state index contributed by atoms with van der Waals surface area (Å²) in [6, 6.07) is 11.4. The van der Waals surface area contributed by atoms with Crippen molar-refractivity contribution in [1.29, 1.82) is 0 Å². The molecule has 3 rings (SSSR count). The van der Waals surface area contributed by atoms with Crippen molar-refractivity contribution in [3.05, 3.63) is 57.8 Å². The van der Waals surface area contributed by atoms with Crippen LogP contribution in [0.15, 0.2) is 46.6 Å². The van der Waals surface area contributed by atoms with Crippen LogP contribution in [0.1, 0.15) is 5.69 Å². The molecule has 0 aliphatic heterocycles. The molecule has 2 heterocycles. The SMILES string of the molecule is Cc1cc(=O)[nH]c(Nc2nc(-c3ccccc3)cs2)n1. The number of aryl methyl sites for hydroxylation is 1. The molecule has 2 aromatic heterocycles. The minimum Gasteiger partial charge on any atom is -0.302 e. The number of aromatic nitrogens is 3. The molecule has 6 heteroatoms. The molecule has 0 aliphatic rings. The van der Waals surface area contributed by atoms with Gasteiger partial charge in [-0.3, -0.25) is 9.78 Å². The van der Waals surface area contributed by atoms with Crippen molar-refractivity contribution >= 4 is 22.4 Å². The molecule has 0 radical (unpaired) electrons. The Morgan fingerprint density at radius 2 is 2.00 bits per heavy atom. The number of hydrogen-bond donors (Lipinski definition) is 2. The van der Waals surface area contributed by atoms with Gasteiger partial charge in [-0.25, -0.2) is 9.97 Å². The van der Waals surface area contributed by atoms with Crippen LogP contribution in [0.3, 0.4) is 0 Å². The highest BCUT2D eigenvalue weighted by Gasteiger charge is 2.05. The van der Waals surface area contributed by atoms with E-state index in [1.165, 1.54) is 17.4 Å². The van der Waals surface area contributed by atoms with Gasteiger partial charge in [0.05, 0.1) is 5.69 Å². The molecular formula is C14H12N4OS. The number of aromatic amines is 1. The molecule has 0 saturated heterocycles. The first-order valence-electron chi connectivity index (χ1n) is 6.07. The van der Waals surface area contributed by atoms with E-state index in [2.05, 4.69) is 20.3 Å². The van der Waals surface area contributed by atoms with Crippen molar-refractivity contribution in [3.63, 3.8) is 0 Å². The number of rotatable bonds is 3. The van der Waals surface area contributed by atoms with E-state index in [1.54, 1.807) is 6.92 Å². The molecule has 0 bridgehead atoms. The minimum absolute atomic E-state index is 0.181. The predicted octanol–water partition coefficient (Wildman–Crippen LogP) is 2.95. The maximum absolute atomic E-state index is 11.4. The molecule has 2 N–H and O–H groups in total. The number of benzene rings is 1. The van der Waals surface area contributed by atoms with Gasteiger partial charge in [0.1, 0.15) is 0 Å². The van der Waals surface area contributed by atoms with Crippen LogP contribution >= 0.6 is 11.3 Å². The van der Waals surface area contributed by atoms with Crippen LogP contribution in [0.25, 0.3) is 11.3 Å². The summed E-state index contributed by atoms with van der Waals surface area (Å²) in [4.78, 5) is 22.7. The Morgan fingerprint density at radius 1 is 1.20 bits per heavy atom. The quantitative estimate of drug-likeness (QED) is 0.775. The molecule has 100 valence electrons. The maximum Gasteiger partial charge on any atom is 0.252 e. The van der Waals surface area contributed by atoms with Crippen molar-refractivity contribution in [1.82, 2.24) is 15.0 Å². The van der Waals surface area contributed by atoms with Crippen LogP contribution in [0.2, 0.25) is 0 Å².